The second kappa shape index (κ2) is 7.51. The van der Waals surface area contributed by atoms with Crippen LogP contribution in [0.4, 0.5) is 10.3 Å². The third-order valence-corrected chi connectivity index (χ3v) is 6.22. The summed E-state index contributed by atoms with van der Waals surface area (Å²) in [6.45, 7) is 5.96. The van der Waals surface area contributed by atoms with Gasteiger partial charge in [-0.25, -0.2) is 9.37 Å². The molecule has 1 atom stereocenters. The number of nitrogens with zero attached hydrogens (tertiary/aromatic N) is 5. The Bertz CT molecular complexity index is 1530. The Morgan fingerprint density at radius 2 is 2.09 bits per heavy atom. The summed E-state index contributed by atoms with van der Waals surface area (Å²) in [5.74, 6) is 0.530. The van der Waals surface area contributed by atoms with Crippen molar-refractivity contribution in [1.82, 2.24) is 29.5 Å². The summed E-state index contributed by atoms with van der Waals surface area (Å²) in [6.07, 6.45) is 7.25. The molecule has 0 aliphatic heterocycles. The Kier molecular flexibility index (Phi) is 4.46. The number of fused-ring (bicyclic) bond motifs is 4. The van der Waals surface area contributed by atoms with Crippen molar-refractivity contribution >= 4 is 28.1 Å². The summed E-state index contributed by atoms with van der Waals surface area (Å²) >= 11 is 0. The number of aromatic amines is 1. The van der Waals surface area contributed by atoms with Crippen LogP contribution in [0, 0.1) is 5.82 Å². The van der Waals surface area contributed by atoms with E-state index >= 15 is 0 Å². The van der Waals surface area contributed by atoms with E-state index in [1.807, 2.05) is 6.92 Å². The lowest BCUT2D eigenvalue weighted by atomic mass is 9.91. The number of hydrogen-bond acceptors (Lipinski definition) is 5. The number of hydrogen-bond donors (Lipinski definition) is 2. The molecule has 1 aromatic carbocycles. The van der Waals surface area contributed by atoms with Crippen molar-refractivity contribution in [2.24, 2.45) is 0 Å². The Hall–Kier alpha value is -4.07. The van der Waals surface area contributed by atoms with Gasteiger partial charge in [0.05, 0.1) is 12.4 Å². The maximum atomic E-state index is 13.9. The molecule has 5 aromatic rings. The Morgan fingerprint density at radius 3 is 2.94 bits per heavy atom. The van der Waals surface area contributed by atoms with E-state index in [9.17, 15) is 4.39 Å². The monoisotopic (exact) mass is 439 g/mol. The van der Waals surface area contributed by atoms with Gasteiger partial charge in [-0.15, -0.1) is 0 Å². The Morgan fingerprint density at radius 1 is 1.21 bits per heavy atom. The van der Waals surface area contributed by atoms with Crippen molar-refractivity contribution in [2.75, 3.05) is 5.32 Å². The minimum atomic E-state index is -0.432. The van der Waals surface area contributed by atoms with Crippen molar-refractivity contribution in [3.63, 3.8) is 0 Å². The zero-order valence-electron chi connectivity index (χ0n) is 18.1. The first-order valence-electron chi connectivity index (χ1n) is 10.9. The molecule has 4 heterocycles. The predicted molar refractivity (Wildman–Crippen MR) is 126 cm³/mol. The number of rotatable bonds is 4. The maximum Gasteiger partial charge on any atom is 0.228 e. The molecule has 2 N–H and O–H groups in total. The zero-order valence-corrected chi connectivity index (χ0v) is 18.1. The summed E-state index contributed by atoms with van der Waals surface area (Å²) in [7, 11) is 0. The van der Waals surface area contributed by atoms with Crippen LogP contribution in [0.25, 0.3) is 33.5 Å². The highest BCUT2D eigenvalue weighted by atomic mass is 19.1. The van der Waals surface area contributed by atoms with Crippen molar-refractivity contribution < 1.29 is 4.39 Å². The lowest BCUT2D eigenvalue weighted by molar-refractivity contribution is 0.599. The number of anilines is 1. The van der Waals surface area contributed by atoms with Gasteiger partial charge in [-0.2, -0.15) is 14.6 Å². The lowest BCUT2D eigenvalue weighted by Crippen LogP contribution is -2.29. The molecule has 4 aromatic heterocycles. The quantitative estimate of drug-likeness (QED) is 0.420. The van der Waals surface area contributed by atoms with Gasteiger partial charge < -0.3 is 10.3 Å². The molecule has 0 saturated carbocycles. The molecule has 8 heteroatoms. The van der Waals surface area contributed by atoms with Gasteiger partial charge in [-0.1, -0.05) is 24.8 Å². The third kappa shape index (κ3) is 3.34. The van der Waals surface area contributed by atoms with E-state index in [0.717, 1.165) is 30.4 Å². The first-order chi connectivity index (χ1) is 16.1. The summed E-state index contributed by atoms with van der Waals surface area (Å²) < 4.78 is 15.6. The molecule has 7 nitrogen and oxygen atoms in total. The lowest BCUT2D eigenvalue weighted by Gasteiger charge is -2.24. The molecule has 0 amide bonds. The number of aromatic nitrogens is 6. The number of H-pyrrole nitrogens is 1. The van der Waals surface area contributed by atoms with E-state index in [0.29, 0.717) is 23.0 Å². The topological polar surface area (TPSA) is 83.8 Å². The Balaban J connectivity index is 1.42. The highest BCUT2D eigenvalue weighted by molar-refractivity contribution is 5.85. The molecule has 1 aliphatic rings. The van der Waals surface area contributed by atoms with Crippen LogP contribution in [0.1, 0.15) is 30.2 Å². The first kappa shape index (κ1) is 19.6. The number of allylic oxidation sites excluding steroid dienone is 1. The van der Waals surface area contributed by atoms with Gasteiger partial charge in [0.1, 0.15) is 5.82 Å². The van der Waals surface area contributed by atoms with E-state index < -0.39 is 5.82 Å². The van der Waals surface area contributed by atoms with Gasteiger partial charge in [0.15, 0.2) is 11.5 Å². The average molecular weight is 439 g/mol. The second-order valence-electron chi connectivity index (χ2n) is 8.55. The highest BCUT2D eigenvalue weighted by Gasteiger charge is 2.24. The third-order valence-electron chi connectivity index (χ3n) is 6.22. The standard InChI is InChI=1S/C25H22FN7/c1-14(2)20-13-28-33-24(20)31-23(15-9-16(26)12-27-11-15)32-25(33)29-17-7-8-22-19(10-17)18-5-3-4-6-21(18)30-22/h3-6,9,11-13,17,30H,1,7-8,10H2,2H3,(H,29,31,32). The summed E-state index contributed by atoms with van der Waals surface area (Å²) in [4.78, 5) is 16.9. The fourth-order valence-electron chi connectivity index (χ4n) is 4.61. The number of halogens is 1. The normalized spacial score (nSPS) is 15.6. The molecule has 0 bridgehead atoms. The van der Waals surface area contributed by atoms with E-state index in [1.165, 1.54) is 34.4 Å². The van der Waals surface area contributed by atoms with Crippen molar-refractivity contribution in [1.29, 1.82) is 0 Å². The van der Waals surface area contributed by atoms with Crippen molar-refractivity contribution in [2.45, 2.75) is 32.2 Å². The molecular formula is C25H22FN7. The number of para-hydroxylation sites is 1. The molecule has 0 fully saturated rings. The number of benzene rings is 1. The van der Waals surface area contributed by atoms with Gasteiger partial charge in [-0.05, 0) is 49.5 Å². The van der Waals surface area contributed by atoms with Gasteiger partial charge in [0, 0.05) is 40.0 Å². The van der Waals surface area contributed by atoms with E-state index in [-0.39, 0.29) is 6.04 Å². The molecule has 33 heavy (non-hydrogen) atoms. The predicted octanol–water partition coefficient (Wildman–Crippen LogP) is 4.81. The number of aryl methyl sites for hydroxylation is 1. The Labute approximate surface area is 189 Å². The first-order valence-corrected chi connectivity index (χ1v) is 10.9. The van der Waals surface area contributed by atoms with E-state index in [1.54, 1.807) is 16.9 Å². The zero-order chi connectivity index (χ0) is 22.5. The summed E-state index contributed by atoms with van der Waals surface area (Å²) in [5, 5.41) is 9.37. The van der Waals surface area contributed by atoms with Crippen LogP contribution in [-0.4, -0.2) is 35.6 Å². The van der Waals surface area contributed by atoms with Crippen LogP contribution in [0.5, 0.6) is 0 Å². The molecule has 164 valence electrons. The largest absolute Gasteiger partial charge is 0.358 e. The van der Waals surface area contributed by atoms with Crippen molar-refractivity contribution in [3.05, 3.63) is 78.1 Å². The molecule has 1 aliphatic carbocycles. The smallest absolute Gasteiger partial charge is 0.228 e. The van der Waals surface area contributed by atoms with E-state index in [4.69, 9.17) is 4.98 Å². The fraction of sp³-hybridized carbons (Fsp3) is 0.200. The highest BCUT2D eigenvalue weighted by Crippen LogP contribution is 2.31. The number of pyridine rings is 1. The van der Waals surface area contributed by atoms with Crippen LogP contribution in [0.3, 0.4) is 0 Å². The maximum absolute atomic E-state index is 13.9. The second-order valence-corrected chi connectivity index (χ2v) is 8.55. The van der Waals surface area contributed by atoms with Gasteiger partial charge in [-0.3, -0.25) is 4.98 Å². The molecule has 0 saturated heterocycles. The van der Waals surface area contributed by atoms with Crippen LogP contribution >= 0.6 is 0 Å². The van der Waals surface area contributed by atoms with Crippen LogP contribution < -0.4 is 5.32 Å². The van der Waals surface area contributed by atoms with Gasteiger partial charge in [0.2, 0.25) is 5.95 Å². The van der Waals surface area contributed by atoms with E-state index in [2.05, 4.69) is 56.2 Å². The fourth-order valence-corrected chi connectivity index (χ4v) is 4.61. The molecule has 0 radical (unpaired) electrons. The SMILES string of the molecule is C=C(C)c1cnn2c(NC3CCc4[nH]c5ccccc5c4C3)nc(-c3cncc(F)c3)nc12. The minimum absolute atomic E-state index is 0.172. The van der Waals surface area contributed by atoms with Crippen LogP contribution in [-0.2, 0) is 12.8 Å². The van der Waals surface area contributed by atoms with Gasteiger partial charge >= 0.3 is 0 Å². The molecule has 0 spiro atoms. The molecular weight excluding hydrogens is 417 g/mol. The van der Waals surface area contributed by atoms with Crippen LogP contribution in [0.15, 0.2) is 55.5 Å². The number of nitrogens with one attached hydrogen (secondary N) is 2. The summed E-state index contributed by atoms with van der Waals surface area (Å²) in [6, 6.07) is 9.97. The molecule has 6 rings (SSSR count). The van der Waals surface area contributed by atoms with Gasteiger partial charge in [0.25, 0.3) is 0 Å². The van der Waals surface area contributed by atoms with Crippen LogP contribution in [0.2, 0.25) is 0 Å². The summed E-state index contributed by atoms with van der Waals surface area (Å²) in [5.41, 5.74) is 6.63. The van der Waals surface area contributed by atoms with Crippen molar-refractivity contribution in [3.8, 4) is 11.4 Å². The minimum Gasteiger partial charge on any atom is -0.358 e. The average Bonchev–Trinajstić information content (AvgIpc) is 3.41. The molecule has 1 unspecified atom stereocenters.